The molecule has 0 saturated carbocycles. The first-order valence-electron chi connectivity index (χ1n) is 11.0. The van der Waals surface area contributed by atoms with E-state index in [4.69, 9.17) is 14.2 Å². The Labute approximate surface area is 190 Å². The van der Waals surface area contributed by atoms with Gasteiger partial charge < -0.3 is 24.4 Å². The lowest BCUT2D eigenvalue weighted by molar-refractivity contribution is -0.141. The van der Waals surface area contributed by atoms with E-state index >= 15 is 0 Å². The van der Waals surface area contributed by atoms with E-state index in [2.05, 4.69) is 5.32 Å². The summed E-state index contributed by atoms with van der Waals surface area (Å²) in [4.78, 5) is 27.4. The van der Waals surface area contributed by atoms with Crippen LogP contribution in [0.3, 0.4) is 0 Å². The molecule has 7 heteroatoms. The van der Waals surface area contributed by atoms with Crippen LogP contribution in [0, 0.1) is 0 Å². The van der Waals surface area contributed by atoms with E-state index in [0.717, 1.165) is 17.1 Å². The average molecular weight is 443 g/mol. The van der Waals surface area contributed by atoms with Crippen LogP contribution in [0.5, 0.6) is 17.2 Å². The maximum Gasteiger partial charge on any atom is 0.242 e. The molecule has 2 aromatic rings. The molecule has 0 aromatic heterocycles. The highest BCUT2D eigenvalue weighted by Gasteiger charge is 2.28. The maximum absolute atomic E-state index is 13.1. The standard InChI is InChI=1S/C25H34N2O5/c1-5-23(25(29)26-6-2)27(18-19-9-7-10-22(17-19)31-4)24(28)11-8-16-32-21-14-12-20(30-3)13-15-21/h7,9-10,12-15,17,23H,5-6,8,11,16,18H2,1-4H3,(H,26,29). The topological polar surface area (TPSA) is 77.1 Å². The van der Waals surface area contributed by atoms with Crippen molar-refractivity contribution < 1.29 is 23.8 Å². The summed E-state index contributed by atoms with van der Waals surface area (Å²) in [7, 11) is 3.22. The summed E-state index contributed by atoms with van der Waals surface area (Å²) in [6.07, 6.45) is 1.37. The van der Waals surface area contributed by atoms with Crippen LogP contribution in [-0.2, 0) is 16.1 Å². The van der Waals surface area contributed by atoms with Gasteiger partial charge in [0.2, 0.25) is 11.8 Å². The lowest BCUT2D eigenvalue weighted by Crippen LogP contribution is -2.49. The molecule has 0 aliphatic heterocycles. The van der Waals surface area contributed by atoms with E-state index in [1.54, 1.807) is 19.1 Å². The Kier molecular flexibility index (Phi) is 10.4. The fraction of sp³-hybridized carbons (Fsp3) is 0.440. The highest BCUT2D eigenvalue weighted by molar-refractivity contribution is 5.87. The van der Waals surface area contributed by atoms with Crippen molar-refractivity contribution in [3.05, 3.63) is 54.1 Å². The molecule has 2 amide bonds. The van der Waals surface area contributed by atoms with Gasteiger partial charge in [-0.3, -0.25) is 9.59 Å². The quantitative estimate of drug-likeness (QED) is 0.478. The number of likely N-dealkylation sites (N-methyl/N-ethyl adjacent to an activating group) is 1. The van der Waals surface area contributed by atoms with Gasteiger partial charge in [0.25, 0.3) is 0 Å². The zero-order valence-electron chi connectivity index (χ0n) is 19.4. The Bertz CT molecular complexity index is 854. The minimum absolute atomic E-state index is 0.0794. The van der Waals surface area contributed by atoms with Crippen LogP contribution >= 0.6 is 0 Å². The molecule has 32 heavy (non-hydrogen) atoms. The van der Waals surface area contributed by atoms with Crippen LogP contribution in [0.15, 0.2) is 48.5 Å². The molecule has 1 N–H and O–H groups in total. The first kappa shape index (κ1) is 25.0. The number of rotatable bonds is 13. The number of methoxy groups -OCH3 is 2. The van der Waals surface area contributed by atoms with Crippen molar-refractivity contribution in [1.82, 2.24) is 10.2 Å². The normalized spacial score (nSPS) is 11.4. The van der Waals surface area contributed by atoms with Gasteiger partial charge in [0.1, 0.15) is 23.3 Å². The molecular weight excluding hydrogens is 408 g/mol. The number of nitrogens with one attached hydrogen (secondary N) is 1. The third kappa shape index (κ3) is 7.48. The number of benzene rings is 2. The van der Waals surface area contributed by atoms with Crippen molar-refractivity contribution >= 4 is 11.8 Å². The molecule has 2 rings (SSSR count). The number of hydrogen-bond acceptors (Lipinski definition) is 5. The Morgan fingerprint density at radius 1 is 0.969 bits per heavy atom. The van der Waals surface area contributed by atoms with Gasteiger partial charge in [0.05, 0.1) is 20.8 Å². The zero-order chi connectivity index (χ0) is 23.3. The summed E-state index contributed by atoms with van der Waals surface area (Å²) in [5, 5.41) is 2.85. The molecule has 1 atom stereocenters. The van der Waals surface area contributed by atoms with Gasteiger partial charge >= 0.3 is 0 Å². The Balaban J connectivity index is 2.03. The largest absolute Gasteiger partial charge is 0.497 e. The molecule has 0 radical (unpaired) electrons. The summed E-state index contributed by atoms with van der Waals surface area (Å²) in [6, 6.07) is 14.3. The SMILES string of the molecule is CCNC(=O)C(CC)N(Cc1cccc(OC)c1)C(=O)CCCOc1ccc(OC)cc1. The summed E-state index contributed by atoms with van der Waals surface area (Å²) < 4.78 is 16.2. The molecule has 2 aromatic carbocycles. The summed E-state index contributed by atoms with van der Waals surface area (Å²) >= 11 is 0. The maximum atomic E-state index is 13.1. The third-order valence-corrected chi connectivity index (χ3v) is 5.09. The average Bonchev–Trinajstić information content (AvgIpc) is 2.82. The molecule has 174 valence electrons. The van der Waals surface area contributed by atoms with Crippen molar-refractivity contribution in [3.63, 3.8) is 0 Å². The molecule has 0 saturated heterocycles. The predicted octanol–water partition coefficient (Wildman–Crippen LogP) is 3.81. The highest BCUT2D eigenvalue weighted by Crippen LogP contribution is 2.19. The summed E-state index contributed by atoms with van der Waals surface area (Å²) in [5.41, 5.74) is 0.912. The van der Waals surface area contributed by atoms with Crippen molar-refractivity contribution in [2.24, 2.45) is 0 Å². The van der Waals surface area contributed by atoms with Gasteiger partial charge in [-0.05, 0) is 61.7 Å². The summed E-state index contributed by atoms with van der Waals surface area (Å²) in [5.74, 6) is 1.98. The van der Waals surface area contributed by atoms with Gasteiger partial charge in [-0.15, -0.1) is 0 Å². The number of hydrogen-bond donors (Lipinski definition) is 1. The minimum Gasteiger partial charge on any atom is -0.497 e. The second-order valence-electron chi connectivity index (χ2n) is 7.32. The van der Waals surface area contributed by atoms with Crippen molar-refractivity contribution in [2.45, 2.75) is 45.7 Å². The van der Waals surface area contributed by atoms with E-state index in [1.807, 2.05) is 62.4 Å². The van der Waals surface area contributed by atoms with Crippen LogP contribution < -0.4 is 19.5 Å². The number of amides is 2. The van der Waals surface area contributed by atoms with Crippen LogP contribution in [0.4, 0.5) is 0 Å². The van der Waals surface area contributed by atoms with Crippen LogP contribution in [0.25, 0.3) is 0 Å². The second kappa shape index (κ2) is 13.2. The number of ether oxygens (including phenoxy) is 3. The van der Waals surface area contributed by atoms with Gasteiger partial charge in [0, 0.05) is 19.5 Å². The molecule has 0 fully saturated rings. The predicted molar refractivity (Wildman–Crippen MR) is 124 cm³/mol. The summed E-state index contributed by atoms with van der Waals surface area (Å²) in [6.45, 7) is 5.05. The number of carbonyl (C=O) groups excluding carboxylic acids is 2. The smallest absolute Gasteiger partial charge is 0.242 e. The molecule has 0 aliphatic carbocycles. The van der Waals surface area contributed by atoms with Crippen molar-refractivity contribution in [1.29, 1.82) is 0 Å². The van der Waals surface area contributed by atoms with Crippen LogP contribution in [-0.4, -0.2) is 50.1 Å². The highest BCUT2D eigenvalue weighted by atomic mass is 16.5. The van der Waals surface area contributed by atoms with Gasteiger partial charge in [-0.1, -0.05) is 19.1 Å². The Hall–Kier alpha value is -3.22. The molecule has 1 unspecified atom stereocenters. The molecule has 0 bridgehead atoms. The van der Waals surface area contributed by atoms with E-state index < -0.39 is 6.04 Å². The lowest BCUT2D eigenvalue weighted by atomic mass is 10.1. The molecule has 0 heterocycles. The van der Waals surface area contributed by atoms with E-state index in [9.17, 15) is 9.59 Å². The molecule has 0 aliphatic rings. The van der Waals surface area contributed by atoms with E-state index in [-0.39, 0.29) is 18.2 Å². The molecule has 0 spiro atoms. The molecule has 7 nitrogen and oxygen atoms in total. The van der Waals surface area contributed by atoms with E-state index in [1.165, 1.54) is 0 Å². The Morgan fingerprint density at radius 2 is 1.66 bits per heavy atom. The number of nitrogens with zero attached hydrogens (tertiary/aromatic N) is 1. The first-order valence-corrected chi connectivity index (χ1v) is 11.0. The second-order valence-corrected chi connectivity index (χ2v) is 7.32. The van der Waals surface area contributed by atoms with Gasteiger partial charge in [-0.2, -0.15) is 0 Å². The fourth-order valence-electron chi connectivity index (χ4n) is 3.41. The third-order valence-electron chi connectivity index (χ3n) is 5.09. The van der Waals surface area contributed by atoms with Gasteiger partial charge in [-0.25, -0.2) is 0 Å². The Morgan fingerprint density at radius 3 is 2.28 bits per heavy atom. The monoisotopic (exact) mass is 442 g/mol. The van der Waals surface area contributed by atoms with Crippen molar-refractivity contribution in [3.8, 4) is 17.2 Å². The van der Waals surface area contributed by atoms with Crippen LogP contribution in [0.1, 0.15) is 38.7 Å². The first-order chi connectivity index (χ1) is 15.5. The fourth-order valence-corrected chi connectivity index (χ4v) is 3.41. The van der Waals surface area contributed by atoms with Crippen LogP contribution in [0.2, 0.25) is 0 Å². The number of carbonyl (C=O) groups is 2. The van der Waals surface area contributed by atoms with Crippen molar-refractivity contribution in [2.75, 3.05) is 27.4 Å². The zero-order valence-corrected chi connectivity index (χ0v) is 19.4. The van der Waals surface area contributed by atoms with E-state index in [0.29, 0.717) is 38.3 Å². The minimum atomic E-state index is -0.531. The lowest BCUT2D eigenvalue weighted by Gasteiger charge is -2.30. The molecular formula is C25H34N2O5. The van der Waals surface area contributed by atoms with Gasteiger partial charge in [0.15, 0.2) is 0 Å².